The van der Waals surface area contributed by atoms with Crippen molar-refractivity contribution in [2.24, 2.45) is 0 Å². The van der Waals surface area contributed by atoms with Crippen molar-refractivity contribution >= 4 is 5.91 Å². The van der Waals surface area contributed by atoms with Crippen molar-refractivity contribution in [3.8, 4) is 5.69 Å². The zero-order valence-corrected chi connectivity index (χ0v) is 11.5. The van der Waals surface area contributed by atoms with E-state index in [0.29, 0.717) is 5.56 Å². The summed E-state index contributed by atoms with van der Waals surface area (Å²) in [6.07, 6.45) is 6.37. The third-order valence-corrected chi connectivity index (χ3v) is 3.66. The topological polar surface area (TPSA) is 50.2 Å². The largest absolute Gasteiger partial charge is 0.348 e. The highest BCUT2D eigenvalue weighted by Crippen LogP contribution is 2.11. The van der Waals surface area contributed by atoms with E-state index in [-0.39, 0.29) is 11.9 Å². The van der Waals surface area contributed by atoms with Crippen molar-refractivity contribution in [1.29, 1.82) is 0 Å². The van der Waals surface area contributed by atoms with Crippen molar-refractivity contribution in [2.45, 2.75) is 12.5 Å². The highest BCUT2D eigenvalue weighted by atomic mass is 16.1. The smallest absolute Gasteiger partial charge is 0.251 e. The monoisotopic (exact) mass is 270 g/mol. The van der Waals surface area contributed by atoms with Gasteiger partial charge in [0.15, 0.2) is 0 Å². The van der Waals surface area contributed by atoms with Crippen molar-refractivity contribution in [3.63, 3.8) is 0 Å². The molecule has 0 spiro atoms. The molecule has 1 aromatic heterocycles. The average Bonchev–Trinajstić information content (AvgIpc) is 3.11. The van der Waals surface area contributed by atoms with Crippen LogP contribution in [0.15, 0.2) is 43.0 Å². The van der Waals surface area contributed by atoms with E-state index in [0.717, 1.165) is 25.2 Å². The Hall–Kier alpha value is -2.14. The van der Waals surface area contributed by atoms with Gasteiger partial charge in [0.1, 0.15) is 0 Å². The maximum absolute atomic E-state index is 12.2. The molecule has 1 saturated heterocycles. The minimum Gasteiger partial charge on any atom is -0.348 e. The van der Waals surface area contributed by atoms with Crippen molar-refractivity contribution in [2.75, 3.05) is 20.1 Å². The molecular weight excluding hydrogens is 252 g/mol. The van der Waals surface area contributed by atoms with Gasteiger partial charge in [0, 0.05) is 36.2 Å². The van der Waals surface area contributed by atoms with Crippen LogP contribution in [0.3, 0.4) is 0 Å². The summed E-state index contributed by atoms with van der Waals surface area (Å²) >= 11 is 0. The number of imidazole rings is 1. The van der Waals surface area contributed by atoms with Crippen LogP contribution in [0.5, 0.6) is 0 Å². The van der Waals surface area contributed by atoms with Crippen LogP contribution in [0.2, 0.25) is 0 Å². The second-order valence-electron chi connectivity index (χ2n) is 5.24. The number of nitrogens with zero attached hydrogens (tertiary/aromatic N) is 3. The summed E-state index contributed by atoms with van der Waals surface area (Å²) in [5.41, 5.74) is 1.70. The maximum Gasteiger partial charge on any atom is 0.251 e. The second kappa shape index (κ2) is 5.46. The lowest BCUT2D eigenvalue weighted by atomic mass is 10.1. The minimum atomic E-state index is 0.00230. The van der Waals surface area contributed by atoms with Gasteiger partial charge >= 0.3 is 0 Å². The molecule has 0 radical (unpaired) electrons. The van der Waals surface area contributed by atoms with E-state index in [9.17, 15) is 4.79 Å². The molecule has 0 aliphatic carbocycles. The molecule has 1 aliphatic heterocycles. The van der Waals surface area contributed by atoms with Crippen LogP contribution in [-0.4, -0.2) is 46.5 Å². The Bertz CT molecular complexity index is 576. The first-order valence-electron chi connectivity index (χ1n) is 6.80. The van der Waals surface area contributed by atoms with Crippen LogP contribution in [0.1, 0.15) is 16.8 Å². The van der Waals surface area contributed by atoms with E-state index in [2.05, 4.69) is 22.2 Å². The molecule has 1 unspecified atom stereocenters. The number of amides is 1. The fourth-order valence-corrected chi connectivity index (χ4v) is 2.52. The fraction of sp³-hybridized carbons (Fsp3) is 0.333. The Morgan fingerprint density at radius 1 is 1.35 bits per heavy atom. The fourth-order valence-electron chi connectivity index (χ4n) is 2.52. The van der Waals surface area contributed by atoms with Gasteiger partial charge in [-0.2, -0.15) is 0 Å². The highest BCUT2D eigenvalue weighted by Gasteiger charge is 2.21. The van der Waals surface area contributed by atoms with Crippen molar-refractivity contribution in [3.05, 3.63) is 48.5 Å². The van der Waals surface area contributed by atoms with Gasteiger partial charge < -0.3 is 14.8 Å². The molecule has 1 N–H and O–H groups in total. The highest BCUT2D eigenvalue weighted by molar-refractivity contribution is 5.94. The van der Waals surface area contributed by atoms with E-state index >= 15 is 0 Å². The normalized spacial score (nSPS) is 19.1. The zero-order chi connectivity index (χ0) is 13.9. The number of aromatic nitrogens is 2. The van der Waals surface area contributed by atoms with Gasteiger partial charge in [-0.1, -0.05) is 0 Å². The predicted molar refractivity (Wildman–Crippen MR) is 76.9 cm³/mol. The molecule has 0 bridgehead atoms. The van der Waals surface area contributed by atoms with Crippen LogP contribution in [-0.2, 0) is 0 Å². The van der Waals surface area contributed by atoms with E-state index in [4.69, 9.17) is 0 Å². The standard InChI is InChI=1S/C15H18N4O/c1-18-8-6-13(10-18)17-15(20)12-2-4-14(5-3-12)19-9-7-16-11-19/h2-5,7,9,11,13H,6,8,10H2,1H3,(H,17,20). The van der Waals surface area contributed by atoms with E-state index in [1.165, 1.54) is 0 Å². The molecule has 1 aliphatic rings. The molecule has 1 amide bonds. The van der Waals surface area contributed by atoms with Gasteiger partial charge in [-0.15, -0.1) is 0 Å². The van der Waals surface area contributed by atoms with E-state index in [1.54, 1.807) is 12.5 Å². The summed E-state index contributed by atoms with van der Waals surface area (Å²) in [6.45, 7) is 1.98. The lowest BCUT2D eigenvalue weighted by Crippen LogP contribution is -2.36. The molecule has 2 aromatic rings. The minimum absolute atomic E-state index is 0.00230. The van der Waals surface area contributed by atoms with Gasteiger partial charge in [-0.3, -0.25) is 4.79 Å². The quantitative estimate of drug-likeness (QED) is 0.915. The number of hydrogen-bond acceptors (Lipinski definition) is 3. The zero-order valence-electron chi connectivity index (χ0n) is 11.5. The van der Waals surface area contributed by atoms with Gasteiger partial charge in [0.05, 0.1) is 6.33 Å². The first kappa shape index (κ1) is 12.9. The Labute approximate surface area is 118 Å². The molecule has 1 atom stereocenters. The lowest BCUT2D eigenvalue weighted by molar-refractivity contribution is 0.0938. The lowest BCUT2D eigenvalue weighted by Gasteiger charge is -2.13. The Kier molecular flexibility index (Phi) is 3.52. The molecule has 5 nitrogen and oxygen atoms in total. The molecular formula is C15H18N4O. The third-order valence-electron chi connectivity index (χ3n) is 3.66. The van der Waals surface area contributed by atoms with Crippen LogP contribution in [0, 0.1) is 0 Å². The van der Waals surface area contributed by atoms with E-state index < -0.39 is 0 Å². The summed E-state index contributed by atoms with van der Waals surface area (Å²) in [5, 5.41) is 3.08. The van der Waals surface area contributed by atoms with Crippen molar-refractivity contribution in [1.82, 2.24) is 19.8 Å². The summed E-state index contributed by atoms with van der Waals surface area (Å²) in [6, 6.07) is 7.82. The Balaban J connectivity index is 1.66. The maximum atomic E-state index is 12.2. The molecule has 1 aromatic carbocycles. The first-order chi connectivity index (χ1) is 9.72. The number of nitrogens with one attached hydrogen (secondary N) is 1. The number of carbonyl (C=O) groups is 1. The van der Waals surface area contributed by atoms with Gasteiger partial charge in [-0.05, 0) is 44.3 Å². The van der Waals surface area contributed by atoms with Gasteiger partial charge in [-0.25, -0.2) is 4.98 Å². The second-order valence-corrected chi connectivity index (χ2v) is 5.24. The number of carbonyl (C=O) groups excluding carboxylic acids is 1. The third kappa shape index (κ3) is 2.72. The number of hydrogen-bond donors (Lipinski definition) is 1. The van der Waals surface area contributed by atoms with E-state index in [1.807, 2.05) is 35.0 Å². The molecule has 0 saturated carbocycles. The number of likely N-dealkylation sites (tertiary alicyclic amines) is 1. The molecule has 1 fully saturated rings. The van der Waals surface area contributed by atoms with Crippen LogP contribution in [0.4, 0.5) is 0 Å². The average molecular weight is 270 g/mol. The van der Waals surface area contributed by atoms with Crippen LogP contribution < -0.4 is 5.32 Å². The molecule has 5 heteroatoms. The summed E-state index contributed by atoms with van der Waals surface area (Å²) in [4.78, 5) is 18.4. The predicted octanol–water partition coefficient (Wildman–Crippen LogP) is 1.31. The SMILES string of the molecule is CN1CCC(NC(=O)c2ccc(-n3ccnc3)cc2)C1. The van der Waals surface area contributed by atoms with Crippen molar-refractivity contribution < 1.29 is 4.79 Å². The summed E-state index contributed by atoms with van der Waals surface area (Å²) in [7, 11) is 2.08. The molecule has 104 valence electrons. The Morgan fingerprint density at radius 2 is 2.15 bits per heavy atom. The van der Waals surface area contributed by atoms with Crippen LogP contribution in [0.25, 0.3) is 5.69 Å². The van der Waals surface area contributed by atoms with Gasteiger partial charge in [0.25, 0.3) is 5.91 Å². The molecule has 3 rings (SSSR count). The Morgan fingerprint density at radius 3 is 2.75 bits per heavy atom. The van der Waals surface area contributed by atoms with Crippen LogP contribution >= 0.6 is 0 Å². The number of likely N-dealkylation sites (N-methyl/N-ethyl adjacent to an activating group) is 1. The first-order valence-corrected chi connectivity index (χ1v) is 6.80. The molecule has 2 heterocycles. The number of benzene rings is 1. The summed E-state index contributed by atoms with van der Waals surface area (Å²) in [5.74, 6) is 0.00230. The molecule has 20 heavy (non-hydrogen) atoms. The number of rotatable bonds is 3. The van der Waals surface area contributed by atoms with Gasteiger partial charge in [0.2, 0.25) is 0 Å². The summed E-state index contributed by atoms with van der Waals surface area (Å²) < 4.78 is 1.91.